The summed E-state index contributed by atoms with van der Waals surface area (Å²) in [7, 11) is 0. The summed E-state index contributed by atoms with van der Waals surface area (Å²) in [6.45, 7) is 3.10. The zero-order chi connectivity index (χ0) is 20.0. The van der Waals surface area contributed by atoms with E-state index in [-0.39, 0.29) is 17.6 Å². The van der Waals surface area contributed by atoms with E-state index in [2.05, 4.69) is 16.8 Å². The molecule has 7 heteroatoms. The number of carboxylic acid groups (broad SMARTS) is 1. The lowest BCUT2D eigenvalue weighted by Gasteiger charge is -2.25. The summed E-state index contributed by atoms with van der Waals surface area (Å²) in [6, 6.07) is 16.3. The monoisotopic (exact) mass is 405 g/mol. The van der Waals surface area contributed by atoms with Gasteiger partial charge in [-0.25, -0.2) is 9.79 Å². The van der Waals surface area contributed by atoms with Gasteiger partial charge in [-0.1, -0.05) is 36.9 Å². The molecule has 2 aliphatic heterocycles. The predicted molar refractivity (Wildman–Crippen MR) is 112 cm³/mol. The van der Waals surface area contributed by atoms with Gasteiger partial charge < -0.3 is 14.4 Å². The Morgan fingerprint density at radius 2 is 2.10 bits per heavy atom. The number of benzene rings is 1. The van der Waals surface area contributed by atoms with Gasteiger partial charge >= 0.3 is 5.97 Å². The fraction of sp³-hybridized carbons (Fsp3) is 0.227. The van der Waals surface area contributed by atoms with Gasteiger partial charge in [-0.15, -0.1) is 0 Å². The Morgan fingerprint density at radius 1 is 1.21 bits per heavy atom. The highest BCUT2D eigenvalue weighted by Gasteiger charge is 2.45. The Hall–Kier alpha value is -3.06. The van der Waals surface area contributed by atoms with Crippen LogP contribution in [0.3, 0.4) is 0 Å². The summed E-state index contributed by atoms with van der Waals surface area (Å²) in [5, 5.41) is 10.8. The summed E-state index contributed by atoms with van der Waals surface area (Å²) in [5.74, 6) is 0.506. The summed E-state index contributed by atoms with van der Waals surface area (Å²) < 4.78 is 6.24. The van der Waals surface area contributed by atoms with Crippen molar-refractivity contribution in [3.8, 4) is 11.3 Å². The van der Waals surface area contributed by atoms with Crippen LogP contribution in [0.1, 0.15) is 40.8 Å². The summed E-state index contributed by atoms with van der Waals surface area (Å²) in [6.07, 6.45) is 1.79. The van der Waals surface area contributed by atoms with Gasteiger partial charge in [-0.3, -0.25) is 4.98 Å². The number of nitrogens with zero attached hydrogens (tertiary/aromatic N) is 3. The van der Waals surface area contributed by atoms with Crippen LogP contribution < -0.4 is 0 Å². The predicted octanol–water partition coefficient (Wildman–Crippen LogP) is 4.63. The largest absolute Gasteiger partial charge is 0.478 e. The van der Waals surface area contributed by atoms with E-state index >= 15 is 0 Å². The number of carboxylic acids is 1. The number of amidine groups is 1. The van der Waals surface area contributed by atoms with Gasteiger partial charge in [0.05, 0.1) is 11.3 Å². The molecule has 2 aliphatic rings. The molecule has 0 aliphatic carbocycles. The van der Waals surface area contributed by atoms with Crippen LogP contribution in [-0.2, 0) is 0 Å². The Balaban J connectivity index is 1.52. The third-order valence-electron chi connectivity index (χ3n) is 5.19. The third-order valence-corrected chi connectivity index (χ3v) is 6.30. The average Bonchev–Trinajstić information content (AvgIpc) is 3.42. The van der Waals surface area contributed by atoms with Crippen molar-refractivity contribution < 1.29 is 14.3 Å². The lowest BCUT2D eigenvalue weighted by molar-refractivity contribution is 0.0697. The number of carbonyl (C=O) groups is 1. The van der Waals surface area contributed by atoms with Crippen molar-refractivity contribution >= 4 is 22.9 Å². The standard InChI is InChI=1S/C22H19N3O3S/c1-13-12-25-20(19(24-22(25)29-13)16-7-2-3-10-23-16)18-9-8-17(28-18)14-5-4-6-15(11-14)21(26)27/h2-11,13,19-20H,12H2,1H3,(H,26,27)/t13-,19+,20-/m1/s1. The van der Waals surface area contributed by atoms with Crippen LogP contribution in [0, 0.1) is 0 Å². The van der Waals surface area contributed by atoms with E-state index in [1.165, 1.54) is 0 Å². The van der Waals surface area contributed by atoms with Crippen molar-refractivity contribution in [1.29, 1.82) is 0 Å². The second-order valence-electron chi connectivity index (χ2n) is 7.22. The van der Waals surface area contributed by atoms with Crippen molar-refractivity contribution in [3.63, 3.8) is 0 Å². The van der Waals surface area contributed by atoms with Crippen LogP contribution >= 0.6 is 11.8 Å². The number of rotatable bonds is 4. The highest BCUT2D eigenvalue weighted by molar-refractivity contribution is 8.14. The minimum atomic E-state index is -0.953. The summed E-state index contributed by atoms with van der Waals surface area (Å²) >= 11 is 1.78. The smallest absolute Gasteiger partial charge is 0.335 e. The van der Waals surface area contributed by atoms with Crippen LogP contribution in [0.15, 0.2) is 70.2 Å². The number of hydrogen-bond acceptors (Lipinski definition) is 6. The molecule has 4 heterocycles. The van der Waals surface area contributed by atoms with Crippen molar-refractivity contribution in [2.45, 2.75) is 24.3 Å². The molecule has 0 radical (unpaired) electrons. The first kappa shape index (κ1) is 18.0. The Bertz CT molecular complexity index is 1100. The van der Waals surface area contributed by atoms with E-state index in [4.69, 9.17) is 9.41 Å². The molecule has 5 rings (SSSR count). The molecule has 0 unspecified atom stereocenters. The van der Waals surface area contributed by atoms with E-state index in [0.717, 1.165) is 28.7 Å². The van der Waals surface area contributed by atoms with E-state index < -0.39 is 5.97 Å². The maximum absolute atomic E-state index is 11.3. The first-order valence-corrected chi connectivity index (χ1v) is 10.3. The maximum Gasteiger partial charge on any atom is 0.335 e. The lowest BCUT2D eigenvalue weighted by atomic mass is 10.0. The molecule has 1 N–H and O–H groups in total. The van der Waals surface area contributed by atoms with Gasteiger partial charge in [0, 0.05) is 23.6 Å². The van der Waals surface area contributed by atoms with Crippen molar-refractivity contribution in [3.05, 3.63) is 77.8 Å². The molecule has 0 bridgehead atoms. The maximum atomic E-state index is 11.3. The zero-order valence-corrected chi connectivity index (χ0v) is 16.5. The highest BCUT2D eigenvalue weighted by atomic mass is 32.2. The first-order valence-electron chi connectivity index (χ1n) is 9.45. The minimum absolute atomic E-state index is 0.0613. The molecule has 3 aromatic rings. The number of aromatic carboxylic acids is 1. The van der Waals surface area contributed by atoms with Crippen LogP contribution in [-0.4, -0.2) is 37.9 Å². The van der Waals surface area contributed by atoms with E-state index in [1.807, 2.05) is 36.4 Å². The van der Waals surface area contributed by atoms with Gasteiger partial charge in [0.2, 0.25) is 0 Å². The average molecular weight is 405 g/mol. The van der Waals surface area contributed by atoms with Gasteiger partial charge in [-0.2, -0.15) is 0 Å². The van der Waals surface area contributed by atoms with Crippen molar-refractivity contribution in [2.24, 2.45) is 4.99 Å². The van der Waals surface area contributed by atoms with Gasteiger partial charge in [0.1, 0.15) is 23.6 Å². The molecular weight excluding hydrogens is 386 g/mol. The fourth-order valence-electron chi connectivity index (χ4n) is 3.90. The third kappa shape index (κ3) is 3.21. The van der Waals surface area contributed by atoms with Crippen molar-refractivity contribution in [2.75, 3.05) is 6.54 Å². The molecule has 0 amide bonds. The van der Waals surface area contributed by atoms with E-state index in [0.29, 0.717) is 11.0 Å². The van der Waals surface area contributed by atoms with Gasteiger partial charge in [0.25, 0.3) is 0 Å². The second kappa shape index (κ2) is 7.08. The molecule has 29 heavy (non-hydrogen) atoms. The number of aliphatic imine (C=N–C) groups is 1. The SMILES string of the molecule is C[C@@H]1CN2C(=N[C@@H](c3ccccn3)[C@H]2c2ccc(-c3cccc(C(=O)O)c3)o2)S1. The Kier molecular flexibility index (Phi) is 4.39. The Labute approximate surface area is 172 Å². The quantitative estimate of drug-likeness (QED) is 0.682. The molecule has 0 spiro atoms. The minimum Gasteiger partial charge on any atom is -0.478 e. The first-order chi connectivity index (χ1) is 14.1. The van der Waals surface area contributed by atoms with Crippen molar-refractivity contribution in [1.82, 2.24) is 9.88 Å². The number of furan rings is 1. The normalized spacial score (nSPS) is 23.1. The molecule has 1 aromatic carbocycles. The molecule has 0 saturated carbocycles. The summed E-state index contributed by atoms with van der Waals surface area (Å²) in [5.41, 5.74) is 1.90. The highest BCUT2D eigenvalue weighted by Crippen LogP contribution is 2.48. The number of hydrogen-bond donors (Lipinski definition) is 1. The second-order valence-corrected chi connectivity index (χ2v) is 8.63. The molecule has 2 aromatic heterocycles. The number of aromatic nitrogens is 1. The van der Waals surface area contributed by atoms with Gasteiger partial charge in [-0.05, 0) is 36.4 Å². The van der Waals surface area contributed by atoms with E-state index in [9.17, 15) is 9.90 Å². The molecular formula is C22H19N3O3S. The molecule has 3 atom stereocenters. The topological polar surface area (TPSA) is 78.9 Å². The van der Waals surface area contributed by atoms with Crippen LogP contribution in [0.25, 0.3) is 11.3 Å². The van der Waals surface area contributed by atoms with Crippen LogP contribution in [0.5, 0.6) is 0 Å². The molecule has 146 valence electrons. The lowest BCUT2D eigenvalue weighted by Crippen LogP contribution is -2.28. The molecule has 1 saturated heterocycles. The fourth-order valence-corrected chi connectivity index (χ4v) is 4.99. The van der Waals surface area contributed by atoms with Crippen LogP contribution in [0.2, 0.25) is 0 Å². The van der Waals surface area contributed by atoms with Crippen LogP contribution in [0.4, 0.5) is 0 Å². The Morgan fingerprint density at radius 3 is 2.90 bits per heavy atom. The number of fused-ring (bicyclic) bond motifs is 1. The van der Waals surface area contributed by atoms with Gasteiger partial charge in [0.15, 0.2) is 5.17 Å². The number of thioether (sulfide) groups is 1. The summed E-state index contributed by atoms with van der Waals surface area (Å²) in [4.78, 5) is 23.1. The zero-order valence-electron chi connectivity index (χ0n) is 15.7. The number of pyridine rings is 1. The van der Waals surface area contributed by atoms with E-state index in [1.54, 1.807) is 36.2 Å². The molecule has 6 nitrogen and oxygen atoms in total. The molecule has 1 fully saturated rings.